The van der Waals surface area contributed by atoms with E-state index in [0.717, 1.165) is 38.2 Å². The van der Waals surface area contributed by atoms with Gasteiger partial charge in [0.25, 0.3) is 0 Å². The second-order valence-electron chi connectivity index (χ2n) is 5.93. The predicted molar refractivity (Wildman–Crippen MR) is 82.3 cm³/mol. The molecular weight excluding hydrogens is 250 g/mol. The minimum absolute atomic E-state index is 0.415. The van der Waals surface area contributed by atoms with Gasteiger partial charge in [-0.1, -0.05) is 26.0 Å². The zero-order chi connectivity index (χ0) is 14.4. The van der Waals surface area contributed by atoms with Gasteiger partial charge in [0, 0.05) is 12.6 Å². The van der Waals surface area contributed by atoms with Crippen molar-refractivity contribution in [1.29, 1.82) is 0 Å². The van der Waals surface area contributed by atoms with Crippen LogP contribution in [-0.2, 0) is 11.2 Å². The average molecular weight is 277 g/mol. The molecule has 1 aromatic carbocycles. The number of ether oxygens (including phenoxy) is 2. The summed E-state index contributed by atoms with van der Waals surface area (Å²) >= 11 is 0. The number of hydrogen-bond donors (Lipinski definition) is 1. The van der Waals surface area contributed by atoms with Crippen LogP contribution >= 0.6 is 0 Å². The number of methoxy groups -OCH3 is 1. The van der Waals surface area contributed by atoms with Gasteiger partial charge < -0.3 is 14.8 Å². The average Bonchev–Trinajstić information content (AvgIpc) is 2.48. The quantitative estimate of drug-likeness (QED) is 0.867. The molecule has 2 rings (SSSR count). The van der Waals surface area contributed by atoms with Gasteiger partial charge >= 0.3 is 0 Å². The van der Waals surface area contributed by atoms with Gasteiger partial charge in [0.1, 0.15) is 5.75 Å². The van der Waals surface area contributed by atoms with Crippen molar-refractivity contribution in [3.8, 4) is 5.75 Å². The van der Waals surface area contributed by atoms with Crippen molar-refractivity contribution in [2.45, 2.75) is 45.3 Å². The SMILES string of the molecule is COc1cccc(CCNC2CCOC(C(C)C)C2)c1. The van der Waals surface area contributed by atoms with Crippen molar-refractivity contribution < 1.29 is 9.47 Å². The Morgan fingerprint density at radius 1 is 1.40 bits per heavy atom. The largest absolute Gasteiger partial charge is 0.497 e. The highest BCUT2D eigenvalue weighted by Gasteiger charge is 2.24. The normalized spacial score (nSPS) is 23.0. The molecule has 0 bridgehead atoms. The second kappa shape index (κ2) is 7.65. The smallest absolute Gasteiger partial charge is 0.119 e. The van der Waals surface area contributed by atoms with E-state index in [2.05, 4.69) is 37.4 Å². The maximum absolute atomic E-state index is 5.81. The molecule has 3 heteroatoms. The molecule has 1 aliphatic rings. The highest BCUT2D eigenvalue weighted by molar-refractivity contribution is 5.28. The van der Waals surface area contributed by atoms with E-state index in [1.807, 2.05) is 6.07 Å². The summed E-state index contributed by atoms with van der Waals surface area (Å²) in [5.41, 5.74) is 1.32. The molecule has 0 saturated carbocycles. The van der Waals surface area contributed by atoms with Crippen LogP contribution in [0.2, 0.25) is 0 Å². The van der Waals surface area contributed by atoms with Gasteiger partial charge in [-0.15, -0.1) is 0 Å². The van der Waals surface area contributed by atoms with Gasteiger partial charge in [0.2, 0.25) is 0 Å². The number of nitrogens with one attached hydrogen (secondary N) is 1. The second-order valence-corrected chi connectivity index (χ2v) is 5.93. The molecule has 2 atom stereocenters. The molecular formula is C17H27NO2. The Bertz CT molecular complexity index is 406. The van der Waals surface area contributed by atoms with Crippen molar-refractivity contribution in [3.63, 3.8) is 0 Å². The summed E-state index contributed by atoms with van der Waals surface area (Å²) in [4.78, 5) is 0. The van der Waals surface area contributed by atoms with Crippen molar-refractivity contribution in [3.05, 3.63) is 29.8 Å². The van der Waals surface area contributed by atoms with Gasteiger partial charge in [-0.3, -0.25) is 0 Å². The maximum atomic E-state index is 5.81. The molecule has 0 amide bonds. The van der Waals surface area contributed by atoms with Crippen LogP contribution in [0.3, 0.4) is 0 Å². The van der Waals surface area contributed by atoms with E-state index in [-0.39, 0.29) is 0 Å². The molecule has 2 unspecified atom stereocenters. The molecule has 1 aromatic rings. The maximum Gasteiger partial charge on any atom is 0.119 e. The Morgan fingerprint density at radius 2 is 2.25 bits per heavy atom. The highest BCUT2D eigenvalue weighted by Crippen LogP contribution is 2.20. The molecule has 0 spiro atoms. The topological polar surface area (TPSA) is 30.5 Å². The molecule has 1 aliphatic heterocycles. The van der Waals surface area contributed by atoms with Crippen molar-refractivity contribution in [2.75, 3.05) is 20.3 Å². The van der Waals surface area contributed by atoms with Crippen LogP contribution in [0.4, 0.5) is 0 Å². The summed E-state index contributed by atoms with van der Waals surface area (Å²) in [7, 11) is 1.71. The lowest BCUT2D eigenvalue weighted by Gasteiger charge is -2.32. The van der Waals surface area contributed by atoms with Crippen molar-refractivity contribution in [2.24, 2.45) is 5.92 Å². The van der Waals surface area contributed by atoms with Crippen molar-refractivity contribution in [1.82, 2.24) is 5.32 Å². The number of rotatable bonds is 6. The standard InChI is InChI=1S/C17H27NO2/c1-13(2)17-12-15(8-10-20-17)18-9-7-14-5-4-6-16(11-14)19-3/h4-6,11,13,15,17-18H,7-10,12H2,1-3H3. The summed E-state index contributed by atoms with van der Waals surface area (Å²) in [6.45, 7) is 6.38. The van der Waals surface area contributed by atoms with Crippen LogP contribution in [0.5, 0.6) is 5.75 Å². The minimum Gasteiger partial charge on any atom is -0.497 e. The van der Waals surface area contributed by atoms with E-state index in [1.54, 1.807) is 7.11 Å². The van der Waals surface area contributed by atoms with E-state index >= 15 is 0 Å². The van der Waals surface area contributed by atoms with E-state index in [9.17, 15) is 0 Å². The van der Waals surface area contributed by atoms with Crippen LogP contribution in [0.15, 0.2) is 24.3 Å². The molecule has 1 N–H and O–H groups in total. The minimum atomic E-state index is 0.415. The summed E-state index contributed by atoms with van der Waals surface area (Å²) in [5, 5.41) is 3.67. The molecule has 3 nitrogen and oxygen atoms in total. The Balaban J connectivity index is 1.75. The zero-order valence-electron chi connectivity index (χ0n) is 12.9. The Labute approximate surface area is 122 Å². The summed E-state index contributed by atoms with van der Waals surface area (Å²) in [5.74, 6) is 1.55. The monoisotopic (exact) mass is 277 g/mol. The Hall–Kier alpha value is -1.06. The zero-order valence-corrected chi connectivity index (χ0v) is 12.9. The van der Waals surface area contributed by atoms with Crippen LogP contribution in [-0.4, -0.2) is 32.4 Å². The fourth-order valence-electron chi connectivity index (χ4n) is 2.73. The molecule has 20 heavy (non-hydrogen) atoms. The van der Waals surface area contributed by atoms with Gasteiger partial charge in [-0.05, 0) is 49.4 Å². The third kappa shape index (κ3) is 4.50. The summed E-state index contributed by atoms with van der Waals surface area (Å²) < 4.78 is 11.1. The third-order valence-electron chi connectivity index (χ3n) is 4.04. The first-order valence-electron chi connectivity index (χ1n) is 7.67. The first-order valence-corrected chi connectivity index (χ1v) is 7.67. The van der Waals surface area contributed by atoms with Gasteiger partial charge in [0.05, 0.1) is 13.2 Å². The van der Waals surface area contributed by atoms with Gasteiger partial charge in [0.15, 0.2) is 0 Å². The predicted octanol–water partition coefficient (Wildman–Crippen LogP) is 3.03. The third-order valence-corrected chi connectivity index (χ3v) is 4.04. The molecule has 0 radical (unpaired) electrons. The molecule has 112 valence electrons. The Kier molecular flexibility index (Phi) is 5.86. The van der Waals surface area contributed by atoms with E-state index in [4.69, 9.17) is 9.47 Å². The van der Waals surface area contributed by atoms with Gasteiger partial charge in [-0.25, -0.2) is 0 Å². The van der Waals surface area contributed by atoms with Crippen LogP contribution in [0.25, 0.3) is 0 Å². The van der Waals surface area contributed by atoms with E-state index in [1.165, 1.54) is 5.56 Å². The van der Waals surface area contributed by atoms with E-state index < -0.39 is 0 Å². The fourth-order valence-corrected chi connectivity index (χ4v) is 2.73. The first kappa shape index (κ1) is 15.3. The first-order chi connectivity index (χ1) is 9.69. The van der Waals surface area contributed by atoms with Crippen LogP contribution in [0, 0.1) is 5.92 Å². The van der Waals surface area contributed by atoms with Crippen LogP contribution in [0.1, 0.15) is 32.3 Å². The lowest BCUT2D eigenvalue weighted by atomic mass is 9.95. The highest BCUT2D eigenvalue weighted by atomic mass is 16.5. The van der Waals surface area contributed by atoms with Crippen LogP contribution < -0.4 is 10.1 Å². The number of hydrogen-bond acceptors (Lipinski definition) is 3. The number of benzene rings is 1. The lowest BCUT2D eigenvalue weighted by Crippen LogP contribution is -2.41. The van der Waals surface area contributed by atoms with Crippen molar-refractivity contribution >= 4 is 0 Å². The lowest BCUT2D eigenvalue weighted by molar-refractivity contribution is -0.0241. The summed E-state index contributed by atoms with van der Waals surface area (Å²) in [6.07, 6.45) is 3.72. The van der Waals surface area contributed by atoms with Gasteiger partial charge in [-0.2, -0.15) is 0 Å². The van der Waals surface area contributed by atoms with E-state index in [0.29, 0.717) is 18.1 Å². The molecule has 1 heterocycles. The molecule has 1 fully saturated rings. The molecule has 0 aliphatic carbocycles. The molecule has 1 saturated heterocycles. The summed E-state index contributed by atoms with van der Waals surface area (Å²) in [6, 6.07) is 8.91. The Morgan fingerprint density at radius 3 is 3.00 bits per heavy atom. The fraction of sp³-hybridized carbons (Fsp3) is 0.647. The molecule has 0 aromatic heterocycles.